The number of ether oxygens (including phenoxy) is 1. The zero-order valence-electron chi connectivity index (χ0n) is 13.3. The normalized spacial score (nSPS) is 18.5. The van der Waals surface area contributed by atoms with Crippen molar-refractivity contribution in [2.45, 2.75) is 38.6 Å². The topological polar surface area (TPSA) is 55.6 Å². The SMILES string of the molecule is CC(=O)c1ccccc1OCCN1CCCCC1CCN.Cl. The summed E-state index contributed by atoms with van der Waals surface area (Å²) in [4.78, 5) is 14.0. The average molecular weight is 327 g/mol. The number of hydrogen-bond donors (Lipinski definition) is 1. The monoisotopic (exact) mass is 326 g/mol. The van der Waals surface area contributed by atoms with Crippen molar-refractivity contribution < 1.29 is 9.53 Å². The Labute approximate surface area is 139 Å². The summed E-state index contributed by atoms with van der Waals surface area (Å²) in [6, 6.07) is 8.04. The van der Waals surface area contributed by atoms with Gasteiger partial charge in [0.25, 0.3) is 0 Å². The number of carbonyl (C=O) groups excluding carboxylic acids is 1. The second kappa shape index (κ2) is 9.82. The van der Waals surface area contributed by atoms with Crippen LogP contribution in [0.15, 0.2) is 24.3 Å². The lowest BCUT2D eigenvalue weighted by molar-refractivity contribution is 0.100. The third-order valence-corrected chi connectivity index (χ3v) is 4.15. The standard InChI is InChI=1S/C17H26N2O2.ClH/c1-14(20)16-7-2-3-8-17(16)21-13-12-19-11-5-4-6-15(19)9-10-18;/h2-3,7-8,15H,4-6,9-13,18H2,1H3;1H. The van der Waals surface area contributed by atoms with Gasteiger partial charge in [-0.25, -0.2) is 0 Å². The first kappa shape index (κ1) is 18.9. The van der Waals surface area contributed by atoms with E-state index in [1.807, 2.05) is 24.3 Å². The molecule has 5 heteroatoms. The summed E-state index contributed by atoms with van der Waals surface area (Å²) in [5.41, 5.74) is 6.36. The van der Waals surface area contributed by atoms with E-state index in [-0.39, 0.29) is 18.2 Å². The highest BCUT2D eigenvalue weighted by molar-refractivity contribution is 5.96. The van der Waals surface area contributed by atoms with Crippen molar-refractivity contribution in [1.82, 2.24) is 4.90 Å². The van der Waals surface area contributed by atoms with E-state index < -0.39 is 0 Å². The van der Waals surface area contributed by atoms with Crippen LogP contribution >= 0.6 is 12.4 Å². The number of rotatable bonds is 7. The number of halogens is 1. The maximum Gasteiger partial charge on any atom is 0.163 e. The fraction of sp³-hybridized carbons (Fsp3) is 0.588. The molecule has 1 atom stereocenters. The molecule has 1 heterocycles. The van der Waals surface area contributed by atoms with Crippen molar-refractivity contribution in [2.75, 3.05) is 26.2 Å². The average Bonchev–Trinajstić information content (AvgIpc) is 2.49. The van der Waals surface area contributed by atoms with Gasteiger partial charge < -0.3 is 10.5 Å². The van der Waals surface area contributed by atoms with Crippen LogP contribution in [0.5, 0.6) is 5.75 Å². The summed E-state index contributed by atoms with van der Waals surface area (Å²) >= 11 is 0. The molecule has 1 aliphatic rings. The van der Waals surface area contributed by atoms with Crippen LogP contribution in [0.1, 0.15) is 43.0 Å². The fourth-order valence-corrected chi connectivity index (χ4v) is 3.03. The van der Waals surface area contributed by atoms with Gasteiger partial charge in [-0.1, -0.05) is 18.6 Å². The molecule has 1 aromatic carbocycles. The Morgan fingerprint density at radius 2 is 2.14 bits per heavy atom. The number of para-hydroxylation sites is 1. The molecule has 0 aromatic heterocycles. The molecule has 4 nitrogen and oxygen atoms in total. The summed E-state index contributed by atoms with van der Waals surface area (Å²) in [6.07, 6.45) is 4.85. The van der Waals surface area contributed by atoms with E-state index in [2.05, 4.69) is 4.90 Å². The summed E-state index contributed by atoms with van der Waals surface area (Å²) in [7, 11) is 0. The van der Waals surface area contributed by atoms with Gasteiger partial charge >= 0.3 is 0 Å². The van der Waals surface area contributed by atoms with Gasteiger partial charge in [0.05, 0.1) is 5.56 Å². The minimum atomic E-state index is 0. The van der Waals surface area contributed by atoms with E-state index in [0.717, 1.165) is 26.1 Å². The molecule has 1 fully saturated rings. The minimum Gasteiger partial charge on any atom is -0.491 e. The summed E-state index contributed by atoms with van der Waals surface area (Å²) in [5.74, 6) is 0.738. The molecule has 1 unspecified atom stereocenters. The Hall–Kier alpha value is -1.10. The second-order valence-corrected chi connectivity index (χ2v) is 5.66. The number of carbonyl (C=O) groups is 1. The predicted molar refractivity (Wildman–Crippen MR) is 92.1 cm³/mol. The Balaban J connectivity index is 0.00000242. The third kappa shape index (κ3) is 5.27. The van der Waals surface area contributed by atoms with Gasteiger partial charge in [-0.2, -0.15) is 0 Å². The molecule has 0 radical (unpaired) electrons. The summed E-state index contributed by atoms with van der Waals surface area (Å²) in [5, 5.41) is 0. The van der Waals surface area contributed by atoms with Crippen molar-refractivity contribution in [3.05, 3.63) is 29.8 Å². The number of ketones is 1. The minimum absolute atomic E-state index is 0. The van der Waals surface area contributed by atoms with Crippen LogP contribution in [0, 0.1) is 0 Å². The molecule has 0 spiro atoms. The van der Waals surface area contributed by atoms with Gasteiger partial charge in [-0.05, 0) is 51.4 Å². The molecule has 1 saturated heterocycles. The van der Waals surface area contributed by atoms with Crippen molar-refractivity contribution in [1.29, 1.82) is 0 Å². The Kier molecular flexibility index (Phi) is 8.46. The molecule has 22 heavy (non-hydrogen) atoms. The fourth-order valence-electron chi connectivity index (χ4n) is 3.03. The highest BCUT2D eigenvalue weighted by Crippen LogP contribution is 2.21. The summed E-state index contributed by atoms with van der Waals surface area (Å²) < 4.78 is 5.83. The van der Waals surface area contributed by atoms with Crippen LogP contribution in [0.4, 0.5) is 0 Å². The van der Waals surface area contributed by atoms with Gasteiger partial charge in [0.1, 0.15) is 12.4 Å². The van der Waals surface area contributed by atoms with Crippen LogP contribution in [0.3, 0.4) is 0 Å². The van der Waals surface area contributed by atoms with Gasteiger partial charge in [-0.15, -0.1) is 12.4 Å². The molecule has 0 saturated carbocycles. The molecular weight excluding hydrogens is 300 g/mol. The number of likely N-dealkylation sites (tertiary alicyclic amines) is 1. The lowest BCUT2D eigenvalue weighted by Crippen LogP contribution is -2.42. The first-order valence-electron chi connectivity index (χ1n) is 7.89. The van der Waals surface area contributed by atoms with Gasteiger partial charge in [-0.3, -0.25) is 9.69 Å². The molecule has 0 bridgehead atoms. The third-order valence-electron chi connectivity index (χ3n) is 4.15. The Morgan fingerprint density at radius 3 is 2.86 bits per heavy atom. The van der Waals surface area contributed by atoms with Crippen molar-refractivity contribution in [3.63, 3.8) is 0 Å². The van der Waals surface area contributed by atoms with E-state index >= 15 is 0 Å². The van der Waals surface area contributed by atoms with Crippen molar-refractivity contribution in [2.24, 2.45) is 5.73 Å². The first-order chi connectivity index (χ1) is 10.2. The van der Waals surface area contributed by atoms with E-state index in [0.29, 0.717) is 24.0 Å². The van der Waals surface area contributed by atoms with Crippen LogP contribution in [-0.4, -0.2) is 43.0 Å². The maximum atomic E-state index is 11.6. The molecule has 0 aliphatic carbocycles. The molecule has 0 amide bonds. The van der Waals surface area contributed by atoms with Crippen LogP contribution in [0.2, 0.25) is 0 Å². The quantitative estimate of drug-likeness (QED) is 0.783. The maximum absolute atomic E-state index is 11.6. The highest BCUT2D eigenvalue weighted by atomic mass is 35.5. The van der Waals surface area contributed by atoms with E-state index in [4.69, 9.17) is 10.5 Å². The molecule has 2 rings (SSSR count). The number of benzene rings is 1. The zero-order chi connectivity index (χ0) is 15.1. The molecular formula is C17H27ClN2O2. The molecule has 2 N–H and O–H groups in total. The first-order valence-corrected chi connectivity index (χ1v) is 7.89. The predicted octanol–water partition coefficient (Wildman–Crippen LogP) is 2.89. The van der Waals surface area contributed by atoms with Gasteiger partial charge in [0, 0.05) is 12.6 Å². The number of piperidine rings is 1. The Morgan fingerprint density at radius 1 is 1.36 bits per heavy atom. The second-order valence-electron chi connectivity index (χ2n) is 5.66. The smallest absolute Gasteiger partial charge is 0.163 e. The Bertz CT molecular complexity index is 466. The van der Waals surface area contributed by atoms with E-state index in [1.54, 1.807) is 6.92 Å². The molecule has 1 aliphatic heterocycles. The number of hydrogen-bond acceptors (Lipinski definition) is 4. The lowest BCUT2D eigenvalue weighted by Gasteiger charge is -2.35. The van der Waals surface area contributed by atoms with Crippen LogP contribution in [-0.2, 0) is 0 Å². The van der Waals surface area contributed by atoms with Crippen LogP contribution < -0.4 is 10.5 Å². The van der Waals surface area contributed by atoms with Gasteiger partial charge in [0.2, 0.25) is 0 Å². The summed E-state index contributed by atoms with van der Waals surface area (Å²) in [6.45, 7) is 4.96. The lowest BCUT2D eigenvalue weighted by atomic mass is 9.99. The van der Waals surface area contributed by atoms with E-state index in [9.17, 15) is 4.79 Å². The van der Waals surface area contributed by atoms with E-state index in [1.165, 1.54) is 19.3 Å². The number of nitrogens with two attached hydrogens (primary N) is 1. The van der Waals surface area contributed by atoms with Crippen molar-refractivity contribution in [3.8, 4) is 5.75 Å². The number of Topliss-reactive ketones (excluding diaryl/α,β-unsaturated/α-hetero) is 1. The van der Waals surface area contributed by atoms with Gasteiger partial charge in [0.15, 0.2) is 5.78 Å². The molecule has 124 valence electrons. The van der Waals surface area contributed by atoms with Crippen molar-refractivity contribution >= 4 is 18.2 Å². The van der Waals surface area contributed by atoms with Crippen LogP contribution in [0.25, 0.3) is 0 Å². The zero-order valence-corrected chi connectivity index (χ0v) is 14.1. The largest absolute Gasteiger partial charge is 0.491 e. The molecule has 1 aromatic rings. The number of nitrogens with zero attached hydrogens (tertiary/aromatic N) is 1. The highest BCUT2D eigenvalue weighted by Gasteiger charge is 2.21.